The average Bonchev–Trinajstić information content (AvgIpc) is 2.38. The highest BCUT2D eigenvalue weighted by Gasteiger charge is 2.33. The van der Waals surface area contributed by atoms with E-state index in [0.717, 1.165) is 45.8 Å². The van der Waals surface area contributed by atoms with Gasteiger partial charge in [0, 0.05) is 18.6 Å². The van der Waals surface area contributed by atoms with Gasteiger partial charge in [0.1, 0.15) is 0 Å². The smallest absolute Gasteiger partial charge is 0.0711 e. The second-order valence-electron chi connectivity index (χ2n) is 7.75. The Labute approximate surface area is 124 Å². The minimum atomic E-state index is 0.218. The van der Waals surface area contributed by atoms with Crippen molar-refractivity contribution in [3.63, 3.8) is 0 Å². The molecule has 0 amide bonds. The summed E-state index contributed by atoms with van der Waals surface area (Å²) in [7, 11) is 0. The van der Waals surface area contributed by atoms with E-state index in [4.69, 9.17) is 9.47 Å². The Balaban J connectivity index is 1.96. The minimum absolute atomic E-state index is 0.218. The molecule has 0 aromatic heterocycles. The maximum Gasteiger partial charge on any atom is 0.0711 e. The van der Waals surface area contributed by atoms with Gasteiger partial charge in [0.2, 0.25) is 0 Å². The molecule has 1 fully saturated rings. The van der Waals surface area contributed by atoms with E-state index in [-0.39, 0.29) is 11.0 Å². The van der Waals surface area contributed by atoms with Gasteiger partial charge in [-0.15, -0.1) is 0 Å². The van der Waals surface area contributed by atoms with Crippen molar-refractivity contribution in [1.82, 2.24) is 4.90 Å². The number of hydrogen-bond acceptors (Lipinski definition) is 3. The lowest BCUT2D eigenvalue weighted by Gasteiger charge is -2.43. The van der Waals surface area contributed by atoms with Crippen LogP contribution >= 0.6 is 0 Å². The van der Waals surface area contributed by atoms with Crippen molar-refractivity contribution < 1.29 is 9.47 Å². The number of ether oxygens (including phenoxy) is 2. The Hall–Kier alpha value is -0.380. The molecular formula is C17H31NO2. The van der Waals surface area contributed by atoms with Crippen LogP contribution in [0.5, 0.6) is 0 Å². The van der Waals surface area contributed by atoms with Crippen LogP contribution < -0.4 is 0 Å². The number of morpholine rings is 1. The molecule has 2 rings (SSSR count). The number of rotatable bonds is 3. The maximum absolute atomic E-state index is 6.03. The molecule has 1 atom stereocenters. The molecule has 0 spiro atoms. The standard InChI is InChI=1S/C17H31NO2/c1-16(2,3)18-8-11-20-15(13-18)12-17(4,5)14-6-9-19-10-7-14/h6,15H,7-13H2,1-5H3. The molecule has 1 unspecified atom stereocenters. The van der Waals surface area contributed by atoms with Gasteiger partial charge in [-0.05, 0) is 39.0 Å². The molecule has 0 aromatic carbocycles. The molecule has 0 aliphatic carbocycles. The molecule has 3 heteroatoms. The van der Waals surface area contributed by atoms with Gasteiger partial charge in [-0.2, -0.15) is 0 Å². The monoisotopic (exact) mass is 281 g/mol. The topological polar surface area (TPSA) is 21.7 Å². The van der Waals surface area contributed by atoms with Crippen molar-refractivity contribution in [2.24, 2.45) is 5.41 Å². The fraction of sp³-hybridized carbons (Fsp3) is 0.882. The average molecular weight is 281 g/mol. The van der Waals surface area contributed by atoms with Gasteiger partial charge in [0.05, 0.1) is 25.9 Å². The van der Waals surface area contributed by atoms with E-state index >= 15 is 0 Å². The first-order valence-electron chi connectivity index (χ1n) is 7.93. The molecule has 1 saturated heterocycles. The van der Waals surface area contributed by atoms with Gasteiger partial charge in [0.25, 0.3) is 0 Å². The quantitative estimate of drug-likeness (QED) is 0.741. The van der Waals surface area contributed by atoms with Crippen LogP contribution in [0.25, 0.3) is 0 Å². The molecule has 0 bridgehead atoms. The second-order valence-corrected chi connectivity index (χ2v) is 7.75. The Morgan fingerprint density at radius 2 is 1.95 bits per heavy atom. The molecule has 2 heterocycles. The van der Waals surface area contributed by atoms with Crippen LogP contribution in [0, 0.1) is 5.41 Å². The third kappa shape index (κ3) is 4.06. The van der Waals surface area contributed by atoms with E-state index in [0.29, 0.717) is 6.10 Å². The first-order chi connectivity index (χ1) is 9.29. The molecule has 2 aliphatic rings. The number of hydrogen-bond donors (Lipinski definition) is 0. The lowest BCUT2D eigenvalue weighted by Crippen LogP contribution is -2.52. The molecule has 0 radical (unpaired) electrons. The van der Waals surface area contributed by atoms with Gasteiger partial charge < -0.3 is 9.47 Å². The minimum Gasteiger partial charge on any atom is -0.377 e. The lowest BCUT2D eigenvalue weighted by molar-refractivity contribution is -0.0705. The van der Waals surface area contributed by atoms with E-state index in [9.17, 15) is 0 Å². The van der Waals surface area contributed by atoms with Crippen LogP contribution in [0.15, 0.2) is 11.6 Å². The maximum atomic E-state index is 6.03. The van der Waals surface area contributed by atoms with Crippen LogP contribution in [-0.4, -0.2) is 49.5 Å². The Bertz CT molecular complexity index is 354. The first kappa shape index (κ1) is 16.0. The molecular weight excluding hydrogens is 250 g/mol. The van der Waals surface area contributed by atoms with Gasteiger partial charge in [-0.25, -0.2) is 0 Å². The van der Waals surface area contributed by atoms with Crippen LogP contribution in [0.3, 0.4) is 0 Å². The molecule has 20 heavy (non-hydrogen) atoms. The van der Waals surface area contributed by atoms with Crippen LogP contribution in [0.1, 0.15) is 47.5 Å². The Morgan fingerprint density at radius 3 is 2.55 bits per heavy atom. The van der Waals surface area contributed by atoms with Gasteiger partial charge in [0.15, 0.2) is 0 Å². The summed E-state index contributed by atoms with van der Waals surface area (Å²) in [5.74, 6) is 0. The highest BCUT2D eigenvalue weighted by atomic mass is 16.5. The van der Waals surface area contributed by atoms with Gasteiger partial charge >= 0.3 is 0 Å². The summed E-state index contributed by atoms with van der Waals surface area (Å²) in [6.07, 6.45) is 4.80. The van der Waals surface area contributed by atoms with Gasteiger partial charge in [-0.1, -0.05) is 25.5 Å². The van der Waals surface area contributed by atoms with Crippen LogP contribution in [-0.2, 0) is 9.47 Å². The van der Waals surface area contributed by atoms with Crippen molar-refractivity contribution in [3.8, 4) is 0 Å². The zero-order valence-electron chi connectivity index (χ0n) is 13.9. The summed E-state index contributed by atoms with van der Waals surface area (Å²) < 4.78 is 11.5. The van der Waals surface area contributed by atoms with Crippen molar-refractivity contribution in [3.05, 3.63) is 11.6 Å². The summed E-state index contributed by atoms with van der Waals surface area (Å²) in [6.45, 7) is 16.2. The van der Waals surface area contributed by atoms with E-state index in [1.807, 2.05) is 0 Å². The van der Waals surface area contributed by atoms with Crippen molar-refractivity contribution >= 4 is 0 Å². The van der Waals surface area contributed by atoms with E-state index < -0.39 is 0 Å². The third-order valence-electron chi connectivity index (χ3n) is 4.66. The molecule has 0 N–H and O–H groups in total. The predicted octanol–water partition coefficient (Wildman–Crippen LogP) is 3.25. The largest absolute Gasteiger partial charge is 0.377 e. The van der Waals surface area contributed by atoms with E-state index in [1.54, 1.807) is 5.57 Å². The molecule has 3 nitrogen and oxygen atoms in total. The molecule has 2 aliphatic heterocycles. The molecule has 0 saturated carbocycles. The normalized spacial score (nSPS) is 26.4. The third-order valence-corrected chi connectivity index (χ3v) is 4.66. The Morgan fingerprint density at radius 1 is 1.20 bits per heavy atom. The van der Waals surface area contributed by atoms with Crippen molar-refractivity contribution in [2.45, 2.75) is 59.1 Å². The highest BCUT2D eigenvalue weighted by molar-refractivity contribution is 5.14. The molecule has 116 valence electrons. The summed E-state index contributed by atoms with van der Waals surface area (Å²) in [5.41, 5.74) is 2.00. The summed E-state index contributed by atoms with van der Waals surface area (Å²) >= 11 is 0. The highest BCUT2D eigenvalue weighted by Crippen LogP contribution is 2.36. The van der Waals surface area contributed by atoms with Crippen LogP contribution in [0.2, 0.25) is 0 Å². The van der Waals surface area contributed by atoms with Crippen molar-refractivity contribution in [2.75, 3.05) is 32.9 Å². The number of nitrogens with zero attached hydrogens (tertiary/aromatic N) is 1. The van der Waals surface area contributed by atoms with E-state index in [2.05, 4.69) is 45.6 Å². The van der Waals surface area contributed by atoms with Gasteiger partial charge in [-0.3, -0.25) is 4.90 Å². The SMILES string of the molecule is CC(C)(CC1CN(C(C)(C)C)CCO1)C1=CCOCC1. The summed E-state index contributed by atoms with van der Waals surface area (Å²) in [5, 5.41) is 0. The molecule has 0 aromatic rings. The second kappa shape index (κ2) is 6.17. The van der Waals surface area contributed by atoms with E-state index in [1.165, 1.54) is 0 Å². The zero-order chi connectivity index (χ0) is 14.8. The summed E-state index contributed by atoms with van der Waals surface area (Å²) in [4.78, 5) is 2.55. The fourth-order valence-electron chi connectivity index (χ4n) is 3.29. The Kier molecular flexibility index (Phi) is 4.93. The summed E-state index contributed by atoms with van der Waals surface area (Å²) in [6, 6.07) is 0. The fourth-order valence-corrected chi connectivity index (χ4v) is 3.29. The predicted molar refractivity (Wildman–Crippen MR) is 83.0 cm³/mol. The lowest BCUT2D eigenvalue weighted by atomic mass is 9.77. The zero-order valence-corrected chi connectivity index (χ0v) is 13.9. The van der Waals surface area contributed by atoms with Crippen molar-refractivity contribution in [1.29, 1.82) is 0 Å². The first-order valence-corrected chi connectivity index (χ1v) is 7.93. The van der Waals surface area contributed by atoms with Crippen LogP contribution in [0.4, 0.5) is 0 Å².